The lowest BCUT2D eigenvalue weighted by atomic mass is 9.86. The van der Waals surface area contributed by atoms with Crippen molar-refractivity contribution in [3.05, 3.63) is 59.7 Å². The van der Waals surface area contributed by atoms with Crippen LogP contribution in [0.1, 0.15) is 70.9 Å². The zero-order valence-electron chi connectivity index (χ0n) is 25.7. The van der Waals surface area contributed by atoms with Gasteiger partial charge in [-0.3, -0.25) is 9.59 Å². The van der Waals surface area contributed by atoms with Gasteiger partial charge >= 0.3 is 18.1 Å². The molecule has 41 heavy (non-hydrogen) atoms. The molecule has 228 valence electrons. The predicted molar refractivity (Wildman–Crippen MR) is 161 cm³/mol. The molecule has 4 nitrogen and oxygen atoms in total. The van der Waals surface area contributed by atoms with Crippen LogP contribution in [0.3, 0.4) is 0 Å². The third-order valence-electron chi connectivity index (χ3n) is 6.90. The van der Waals surface area contributed by atoms with Crippen molar-refractivity contribution < 1.29 is 32.2 Å². The summed E-state index contributed by atoms with van der Waals surface area (Å²) in [5.41, 5.74) is 0.842. The number of benzene rings is 2. The first-order valence-corrected chi connectivity index (χ1v) is 18.4. The maximum absolute atomic E-state index is 13.3. The van der Waals surface area contributed by atoms with E-state index < -0.39 is 37.3 Å². The molecule has 0 N–H and O–H groups in total. The van der Waals surface area contributed by atoms with Crippen LogP contribution >= 0.6 is 0 Å². The van der Waals surface area contributed by atoms with E-state index in [1.807, 2.05) is 32.9 Å². The van der Waals surface area contributed by atoms with E-state index in [2.05, 4.69) is 26.6 Å². The monoisotopic (exact) mass is 592 g/mol. The van der Waals surface area contributed by atoms with Crippen LogP contribution in [0.15, 0.2) is 48.5 Å². The van der Waals surface area contributed by atoms with Gasteiger partial charge in [0.2, 0.25) is 0 Å². The van der Waals surface area contributed by atoms with Gasteiger partial charge in [0, 0.05) is 8.07 Å². The number of esters is 2. The third-order valence-corrected chi connectivity index (χ3v) is 8.61. The number of ether oxygens (including phenoxy) is 2. The molecule has 0 amide bonds. The van der Waals surface area contributed by atoms with Crippen molar-refractivity contribution in [3.8, 4) is 11.1 Å². The highest BCUT2D eigenvalue weighted by Crippen LogP contribution is 2.32. The lowest BCUT2D eigenvalue weighted by Gasteiger charge is -2.26. The van der Waals surface area contributed by atoms with Crippen LogP contribution in [-0.4, -0.2) is 32.2 Å². The van der Waals surface area contributed by atoms with Gasteiger partial charge in [-0.25, -0.2) is 0 Å². The highest BCUT2D eigenvalue weighted by Gasteiger charge is 2.32. The number of rotatable bonds is 14. The van der Waals surface area contributed by atoms with Crippen molar-refractivity contribution in [2.45, 2.75) is 104 Å². The molecule has 0 aliphatic heterocycles. The number of halogens is 3. The SMILES string of the molecule is CCCC[C@H](C[C@H](CCc1ccc(-c2cccc(C(F)(F)F)c2)cc1)C(=O)OCC[Si](C)(C)C)C(=O)OC(C)(C)C. The Morgan fingerprint density at radius 2 is 1.51 bits per heavy atom. The van der Waals surface area contributed by atoms with Crippen LogP contribution < -0.4 is 0 Å². The number of aryl methyl sites for hydroxylation is 1. The highest BCUT2D eigenvalue weighted by atomic mass is 28.3. The van der Waals surface area contributed by atoms with Gasteiger partial charge in [0.15, 0.2) is 0 Å². The lowest BCUT2D eigenvalue weighted by Crippen LogP contribution is -2.32. The molecule has 0 spiro atoms. The molecule has 0 heterocycles. The zero-order chi connectivity index (χ0) is 30.8. The summed E-state index contributed by atoms with van der Waals surface area (Å²) in [6, 6.07) is 13.5. The summed E-state index contributed by atoms with van der Waals surface area (Å²) in [7, 11) is -1.39. The summed E-state index contributed by atoms with van der Waals surface area (Å²) in [4.78, 5) is 26.3. The molecule has 2 atom stereocenters. The summed E-state index contributed by atoms with van der Waals surface area (Å²) >= 11 is 0. The summed E-state index contributed by atoms with van der Waals surface area (Å²) in [5.74, 6) is -1.42. The van der Waals surface area contributed by atoms with Crippen LogP contribution in [0, 0.1) is 11.8 Å². The molecule has 0 radical (unpaired) electrons. The second-order valence-corrected chi connectivity index (χ2v) is 18.7. The van der Waals surface area contributed by atoms with E-state index in [1.54, 1.807) is 18.2 Å². The van der Waals surface area contributed by atoms with E-state index in [-0.39, 0.29) is 11.9 Å². The van der Waals surface area contributed by atoms with Gasteiger partial charge in [-0.15, -0.1) is 0 Å². The van der Waals surface area contributed by atoms with Crippen LogP contribution in [0.4, 0.5) is 13.2 Å². The van der Waals surface area contributed by atoms with Gasteiger partial charge in [-0.05, 0) is 81.3 Å². The quantitative estimate of drug-likeness (QED) is 0.162. The molecule has 0 aromatic heterocycles. The normalized spacial score (nSPS) is 13.9. The van der Waals surface area contributed by atoms with E-state index in [0.29, 0.717) is 43.4 Å². The fraction of sp³-hybridized carbons (Fsp3) is 0.576. The fourth-order valence-electron chi connectivity index (χ4n) is 4.50. The summed E-state index contributed by atoms with van der Waals surface area (Å²) in [6.45, 7) is 14.6. The van der Waals surface area contributed by atoms with E-state index >= 15 is 0 Å². The summed E-state index contributed by atoms with van der Waals surface area (Å²) in [5, 5.41) is 0. The van der Waals surface area contributed by atoms with Crippen LogP contribution in [0.25, 0.3) is 11.1 Å². The summed E-state index contributed by atoms with van der Waals surface area (Å²) < 4.78 is 50.9. The van der Waals surface area contributed by atoms with Gasteiger partial charge in [0.1, 0.15) is 5.60 Å². The highest BCUT2D eigenvalue weighted by molar-refractivity contribution is 6.76. The molecule has 2 aromatic rings. The maximum Gasteiger partial charge on any atom is 0.416 e. The number of unbranched alkanes of at least 4 members (excludes halogenated alkanes) is 1. The molecule has 0 aliphatic carbocycles. The van der Waals surface area contributed by atoms with Gasteiger partial charge in [-0.1, -0.05) is 75.8 Å². The third kappa shape index (κ3) is 12.8. The van der Waals surface area contributed by atoms with Crippen LogP contribution in [-0.2, 0) is 31.7 Å². The van der Waals surface area contributed by atoms with Crippen LogP contribution in [0.5, 0.6) is 0 Å². The number of alkyl halides is 3. The zero-order valence-corrected chi connectivity index (χ0v) is 26.7. The van der Waals surface area contributed by atoms with Crippen molar-refractivity contribution in [1.29, 1.82) is 0 Å². The topological polar surface area (TPSA) is 52.6 Å². The number of hydrogen-bond donors (Lipinski definition) is 0. The molecule has 0 bridgehead atoms. The largest absolute Gasteiger partial charge is 0.466 e. The minimum atomic E-state index is -4.40. The average Bonchev–Trinajstić information content (AvgIpc) is 2.86. The molecule has 0 saturated carbocycles. The molecule has 0 saturated heterocycles. The number of carbonyl (C=O) groups excluding carboxylic acids is 2. The molecule has 2 rings (SSSR count). The van der Waals surface area contributed by atoms with Crippen LogP contribution in [0.2, 0.25) is 25.7 Å². The maximum atomic E-state index is 13.3. The molecule has 2 aromatic carbocycles. The van der Waals surface area contributed by atoms with Gasteiger partial charge in [0.25, 0.3) is 0 Å². The minimum Gasteiger partial charge on any atom is -0.466 e. The molecule has 0 unspecified atom stereocenters. The Hall–Kier alpha value is -2.61. The second-order valence-electron chi connectivity index (χ2n) is 13.1. The Morgan fingerprint density at radius 1 is 0.878 bits per heavy atom. The Kier molecular flexibility index (Phi) is 12.7. The first-order valence-electron chi connectivity index (χ1n) is 14.6. The Morgan fingerprint density at radius 3 is 2.07 bits per heavy atom. The standard InChI is InChI=1S/C33H47F3O4Si/c1-8-9-11-27(31(38)40-32(2,3)4)22-28(30(37)39-20-21-41(5,6)7)19-16-24-14-17-25(18-15-24)26-12-10-13-29(23-26)33(34,35)36/h10,12-15,17-18,23,27-28H,8-9,11,16,19-22H2,1-7H3/t27-,28+/m1/s1. The average molecular weight is 593 g/mol. The predicted octanol–water partition coefficient (Wildman–Crippen LogP) is 9.34. The van der Waals surface area contributed by atoms with E-state index in [1.165, 1.54) is 6.07 Å². The van der Waals surface area contributed by atoms with E-state index in [0.717, 1.165) is 36.6 Å². The molecular weight excluding hydrogens is 545 g/mol. The Labute approximate surface area is 245 Å². The van der Waals surface area contributed by atoms with Gasteiger partial charge in [-0.2, -0.15) is 13.2 Å². The Balaban J connectivity index is 2.19. The van der Waals surface area contributed by atoms with Gasteiger partial charge in [0.05, 0.1) is 24.0 Å². The first-order chi connectivity index (χ1) is 19.0. The fourth-order valence-corrected chi connectivity index (χ4v) is 5.21. The van der Waals surface area contributed by atoms with Crippen molar-refractivity contribution >= 4 is 20.0 Å². The first kappa shape index (κ1) is 34.6. The molecular formula is C33H47F3O4Si. The molecule has 0 fully saturated rings. The van der Waals surface area contributed by atoms with Crippen molar-refractivity contribution in [1.82, 2.24) is 0 Å². The molecule has 8 heteroatoms. The van der Waals surface area contributed by atoms with Crippen molar-refractivity contribution in [3.63, 3.8) is 0 Å². The lowest BCUT2D eigenvalue weighted by molar-refractivity contribution is -0.162. The van der Waals surface area contributed by atoms with Gasteiger partial charge < -0.3 is 9.47 Å². The van der Waals surface area contributed by atoms with Crippen molar-refractivity contribution in [2.75, 3.05) is 6.61 Å². The number of carbonyl (C=O) groups is 2. The smallest absolute Gasteiger partial charge is 0.416 e. The molecule has 0 aliphatic rings. The second kappa shape index (κ2) is 15.0. The van der Waals surface area contributed by atoms with E-state index in [9.17, 15) is 22.8 Å². The Bertz CT molecular complexity index is 1120. The minimum absolute atomic E-state index is 0.281. The summed E-state index contributed by atoms with van der Waals surface area (Å²) in [6.07, 6.45) is -0.519. The van der Waals surface area contributed by atoms with E-state index in [4.69, 9.17) is 9.47 Å². The number of hydrogen-bond acceptors (Lipinski definition) is 4. The van der Waals surface area contributed by atoms with Crippen molar-refractivity contribution in [2.24, 2.45) is 11.8 Å².